The van der Waals surface area contributed by atoms with Gasteiger partial charge in [0.25, 0.3) is 5.24 Å². The summed E-state index contributed by atoms with van der Waals surface area (Å²) in [4.78, 5) is 17.0. The molecule has 3 heterocycles. The first-order valence-corrected chi connectivity index (χ1v) is 12.0. The number of nitrogens with zero attached hydrogens (tertiary/aromatic N) is 3. The molecule has 1 atom stereocenters. The van der Waals surface area contributed by atoms with Crippen molar-refractivity contribution >= 4 is 44.4 Å². The van der Waals surface area contributed by atoms with Gasteiger partial charge in [-0.3, -0.25) is 9.48 Å². The molecular formula is C20H21FN4O3S2. The van der Waals surface area contributed by atoms with Crippen LogP contribution in [0.5, 0.6) is 0 Å². The highest BCUT2D eigenvalue weighted by Gasteiger charge is 2.41. The number of hydrogen-bond acceptors (Lipinski definition) is 6. The van der Waals surface area contributed by atoms with Gasteiger partial charge in [-0.15, -0.1) is 0 Å². The lowest BCUT2D eigenvalue weighted by Crippen LogP contribution is -2.33. The van der Waals surface area contributed by atoms with E-state index in [1.807, 2.05) is 26.8 Å². The highest BCUT2D eigenvalue weighted by atomic mass is 32.2. The fraction of sp³-hybridized carbons (Fsp3) is 0.350. The highest BCUT2D eigenvalue weighted by molar-refractivity contribution is 8.18. The maximum atomic E-state index is 13.1. The topological polar surface area (TPSA) is 93.4 Å². The molecule has 2 fully saturated rings. The second-order valence-electron chi connectivity index (χ2n) is 7.80. The molecule has 4 rings (SSSR count). The van der Waals surface area contributed by atoms with E-state index >= 15 is 0 Å². The standard InChI is InChI=1S/C20H21FN4O3S2/c1-12-16(13(2)25(24-12)20(3)8-9-30(27,28)11-20)10-17-18(23-19(26)29-17)22-15-6-4-14(21)5-7-15/h4-7,10H,8-9,11H2,1-3H3,(H,22,23,26)/b17-10-/t20-/m0/s1. The lowest BCUT2D eigenvalue weighted by atomic mass is 10.0. The van der Waals surface area contributed by atoms with Crippen LogP contribution in [0, 0.1) is 19.7 Å². The Balaban J connectivity index is 1.73. The molecule has 2 aliphatic rings. The van der Waals surface area contributed by atoms with Gasteiger partial charge in [-0.1, -0.05) is 0 Å². The van der Waals surface area contributed by atoms with Crippen LogP contribution in [0.15, 0.2) is 34.2 Å². The second kappa shape index (κ2) is 7.35. The summed E-state index contributed by atoms with van der Waals surface area (Å²) in [6, 6.07) is 5.68. The van der Waals surface area contributed by atoms with Gasteiger partial charge in [0.2, 0.25) is 0 Å². The predicted octanol–water partition coefficient (Wildman–Crippen LogP) is 3.70. The number of hydrogen-bond donors (Lipinski definition) is 1. The molecule has 10 heteroatoms. The van der Waals surface area contributed by atoms with Crippen LogP contribution < -0.4 is 5.32 Å². The molecule has 0 radical (unpaired) electrons. The smallest absolute Gasteiger partial charge is 0.289 e. The summed E-state index contributed by atoms with van der Waals surface area (Å²) >= 11 is 1.02. The molecule has 1 amide bonds. The number of nitrogens with one attached hydrogen (secondary N) is 1. The Morgan fingerprint density at radius 2 is 2.00 bits per heavy atom. The summed E-state index contributed by atoms with van der Waals surface area (Å²) in [7, 11) is -3.08. The van der Waals surface area contributed by atoms with Gasteiger partial charge in [-0.25, -0.2) is 17.8 Å². The number of rotatable bonds is 3. The predicted molar refractivity (Wildman–Crippen MR) is 116 cm³/mol. The van der Waals surface area contributed by atoms with Gasteiger partial charge in [0.05, 0.1) is 33.3 Å². The van der Waals surface area contributed by atoms with E-state index in [2.05, 4.69) is 15.4 Å². The van der Waals surface area contributed by atoms with Crippen molar-refractivity contribution in [3.05, 3.63) is 51.9 Å². The van der Waals surface area contributed by atoms with E-state index in [0.717, 1.165) is 28.7 Å². The number of benzene rings is 1. The molecule has 158 valence electrons. The first-order chi connectivity index (χ1) is 14.1. The molecule has 1 aromatic carbocycles. The minimum atomic E-state index is -3.08. The van der Waals surface area contributed by atoms with Gasteiger partial charge in [0.1, 0.15) is 11.7 Å². The van der Waals surface area contributed by atoms with E-state index in [1.54, 1.807) is 4.68 Å². The zero-order valence-corrected chi connectivity index (χ0v) is 18.4. The largest absolute Gasteiger partial charge is 0.300 e. The maximum Gasteiger partial charge on any atom is 0.289 e. The number of sulfone groups is 1. The normalized spacial score (nSPS) is 25.9. The quantitative estimate of drug-likeness (QED) is 0.773. The Bertz CT molecular complexity index is 1200. The molecule has 0 spiro atoms. The van der Waals surface area contributed by atoms with Gasteiger partial charge in [0.15, 0.2) is 9.84 Å². The molecular weight excluding hydrogens is 427 g/mol. The number of aryl methyl sites for hydroxylation is 1. The average Bonchev–Trinajstić information content (AvgIpc) is 3.26. The van der Waals surface area contributed by atoms with Crippen molar-refractivity contribution < 1.29 is 17.6 Å². The number of carbonyl (C=O) groups excluding carboxylic acids is 1. The van der Waals surface area contributed by atoms with Crippen molar-refractivity contribution in [1.82, 2.24) is 15.1 Å². The summed E-state index contributed by atoms with van der Waals surface area (Å²) in [5.41, 5.74) is 2.33. The van der Waals surface area contributed by atoms with Crippen molar-refractivity contribution in [3.8, 4) is 0 Å². The fourth-order valence-corrected chi connectivity index (χ4v) is 6.67. The number of amidine groups is 1. The van der Waals surface area contributed by atoms with Gasteiger partial charge in [0, 0.05) is 11.3 Å². The molecule has 1 aromatic heterocycles. The van der Waals surface area contributed by atoms with E-state index in [4.69, 9.17) is 0 Å². The molecule has 2 saturated heterocycles. The molecule has 2 aliphatic heterocycles. The molecule has 0 bridgehead atoms. The minimum absolute atomic E-state index is 0.0596. The Hall–Kier alpha value is -2.46. The molecule has 0 aliphatic carbocycles. The van der Waals surface area contributed by atoms with Crippen LogP contribution in [-0.2, 0) is 15.4 Å². The second-order valence-corrected chi connectivity index (χ2v) is 11.0. The van der Waals surface area contributed by atoms with Crippen LogP contribution in [0.2, 0.25) is 0 Å². The third-order valence-electron chi connectivity index (χ3n) is 5.34. The summed E-state index contributed by atoms with van der Waals surface area (Å²) in [5, 5.41) is 7.08. The Kier molecular flexibility index (Phi) is 5.09. The number of aliphatic imine (C=N–C) groups is 1. The summed E-state index contributed by atoms with van der Waals surface area (Å²) < 4.78 is 39.0. The number of amides is 1. The average molecular weight is 449 g/mol. The number of halogens is 1. The number of aromatic nitrogens is 2. The molecule has 0 unspecified atom stereocenters. The van der Waals surface area contributed by atoms with Crippen LogP contribution in [0.1, 0.15) is 30.3 Å². The van der Waals surface area contributed by atoms with E-state index in [1.165, 1.54) is 24.3 Å². The van der Waals surface area contributed by atoms with Gasteiger partial charge in [-0.05, 0) is 69.3 Å². The van der Waals surface area contributed by atoms with Crippen LogP contribution in [0.3, 0.4) is 0 Å². The third kappa shape index (κ3) is 3.93. The first kappa shape index (κ1) is 20.8. The minimum Gasteiger partial charge on any atom is -0.300 e. The van der Waals surface area contributed by atoms with Crippen molar-refractivity contribution in [2.24, 2.45) is 4.99 Å². The van der Waals surface area contributed by atoms with Gasteiger partial charge >= 0.3 is 0 Å². The molecule has 0 saturated carbocycles. The van der Waals surface area contributed by atoms with Crippen LogP contribution in [0.4, 0.5) is 14.9 Å². The number of carbonyl (C=O) groups is 1. The maximum absolute atomic E-state index is 13.1. The Morgan fingerprint density at radius 1 is 1.30 bits per heavy atom. The third-order valence-corrected chi connectivity index (χ3v) is 8.05. The number of thioether (sulfide) groups is 1. The van der Waals surface area contributed by atoms with Gasteiger partial charge in [-0.2, -0.15) is 5.10 Å². The molecule has 2 aromatic rings. The summed E-state index contributed by atoms with van der Waals surface area (Å²) in [5.74, 6) is 0.240. The lowest BCUT2D eigenvalue weighted by molar-refractivity contribution is 0.265. The molecule has 1 N–H and O–H groups in total. The van der Waals surface area contributed by atoms with Crippen molar-refractivity contribution in [2.75, 3.05) is 11.5 Å². The summed E-state index contributed by atoms with van der Waals surface area (Å²) in [6.45, 7) is 5.66. The fourth-order valence-electron chi connectivity index (χ4n) is 3.84. The highest BCUT2D eigenvalue weighted by Crippen LogP contribution is 2.35. The SMILES string of the molecule is Cc1nn([C@@]2(C)CCS(=O)(=O)C2)c(C)c1/C=C1\SC(=O)NC1=Nc1ccc(F)cc1. The first-order valence-electron chi connectivity index (χ1n) is 9.39. The Morgan fingerprint density at radius 3 is 2.63 bits per heavy atom. The van der Waals surface area contributed by atoms with Crippen LogP contribution >= 0.6 is 11.8 Å². The van der Waals surface area contributed by atoms with E-state index in [0.29, 0.717) is 22.8 Å². The zero-order chi connectivity index (χ0) is 21.7. The lowest BCUT2D eigenvalue weighted by Gasteiger charge is -2.24. The van der Waals surface area contributed by atoms with E-state index < -0.39 is 15.4 Å². The van der Waals surface area contributed by atoms with Crippen molar-refractivity contribution in [1.29, 1.82) is 0 Å². The van der Waals surface area contributed by atoms with Crippen LogP contribution in [-0.4, -0.2) is 40.8 Å². The van der Waals surface area contributed by atoms with Gasteiger partial charge < -0.3 is 5.32 Å². The van der Waals surface area contributed by atoms with E-state index in [9.17, 15) is 17.6 Å². The van der Waals surface area contributed by atoms with Crippen molar-refractivity contribution in [3.63, 3.8) is 0 Å². The zero-order valence-electron chi connectivity index (χ0n) is 16.8. The van der Waals surface area contributed by atoms with Crippen LogP contribution in [0.25, 0.3) is 6.08 Å². The molecule has 30 heavy (non-hydrogen) atoms. The molecule has 7 nitrogen and oxygen atoms in total. The van der Waals surface area contributed by atoms with Crippen molar-refractivity contribution in [2.45, 2.75) is 32.7 Å². The monoisotopic (exact) mass is 448 g/mol. The Labute approximate surface area is 178 Å². The summed E-state index contributed by atoms with van der Waals surface area (Å²) in [6.07, 6.45) is 2.35. The van der Waals surface area contributed by atoms with E-state index in [-0.39, 0.29) is 22.6 Å².